The quantitative estimate of drug-likeness (QED) is 0.564. The molecule has 0 spiro atoms. The first-order valence-corrected chi connectivity index (χ1v) is 7.06. The van der Waals surface area contributed by atoms with Crippen molar-refractivity contribution in [1.82, 2.24) is 9.55 Å². The van der Waals surface area contributed by atoms with Crippen LogP contribution >= 0.6 is 0 Å². The van der Waals surface area contributed by atoms with Gasteiger partial charge in [-0.25, -0.2) is 4.79 Å². The summed E-state index contributed by atoms with van der Waals surface area (Å²) in [6.45, 7) is -0.502. The Hall–Kier alpha value is -2.26. The van der Waals surface area contributed by atoms with E-state index in [1.807, 2.05) is 0 Å². The molecule has 2 heterocycles. The van der Waals surface area contributed by atoms with Crippen molar-refractivity contribution in [2.45, 2.75) is 24.5 Å². The fourth-order valence-corrected chi connectivity index (χ4v) is 2.61. The van der Waals surface area contributed by atoms with Crippen LogP contribution in [0.25, 0.3) is 11.1 Å². The van der Waals surface area contributed by atoms with Crippen molar-refractivity contribution in [1.29, 1.82) is 0 Å². The molecular formula is C15H16N2O6. The van der Waals surface area contributed by atoms with E-state index in [0.717, 1.165) is 4.57 Å². The average Bonchev–Trinajstić information content (AvgIpc) is 2.84. The number of benzene rings is 1. The van der Waals surface area contributed by atoms with Crippen LogP contribution in [-0.4, -0.2) is 49.8 Å². The van der Waals surface area contributed by atoms with Crippen LogP contribution in [0.1, 0.15) is 6.23 Å². The third kappa shape index (κ3) is 2.73. The molecule has 0 amide bonds. The van der Waals surface area contributed by atoms with Gasteiger partial charge in [0.25, 0.3) is 5.56 Å². The molecule has 0 radical (unpaired) electrons. The van der Waals surface area contributed by atoms with Crippen LogP contribution in [0.2, 0.25) is 0 Å². The van der Waals surface area contributed by atoms with Crippen molar-refractivity contribution in [3.8, 4) is 11.1 Å². The van der Waals surface area contributed by atoms with Gasteiger partial charge >= 0.3 is 5.69 Å². The number of hydrogen-bond donors (Lipinski definition) is 4. The number of aromatic nitrogens is 2. The molecule has 8 nitrogen and oxygen atoms in total. The predicted octanol–water partition coefficient (Wildman–Crippen LogP) is -1.18. The lowest BCUT2D eigenvalue weighted by Gasteiger charge is -2.18. The second-order valence-electron chi connectivity index (χ2n) is 5.30. The van der Waals surface area contributed by atoms with Crippen LogP contribution in [0.5, 0.6) is 0 Å². The predicted molar refractivity (Wildman–Crippen MR) is 79.8 cm³/mol. The maximum Gasteiger partial charge on any atom is 0.330 e. The maximum atomic E-state index is 12.0. The zero-order valence-corrected chi connectivity index (χ0v) is 12.0. The third-order valence-electron chi connectivity index (χ3n) is 3.84. The molecule has 1 aliphatic rings. The third-order valence-corrected chi connectivity index (χ3v) is 3.84. The monoisotopic (exact) mass is 320 g/mol. The summed E-state index contributed by atoms with van der Waals surface area (Å²) in [5.41, 5.74) is -0.522. The highest BCUT2D eigenvalue weighted by Crippen LogP contribution is 2.28. The van der Waals surface area contributed by atoms with Crippen LogP contribution in [0.15, 0.2) is 46.1 Å². The summed E-state index contributed by atoms with van der Waals surface area (Å²) in [6.07, 6.45) is -3.66. The van der Waals surface area contributed by atoms with Gasteiger partial charge in [-0.05, 0) is 5.56 Å². The van der Waals surface area contributed by atoms with Crippen LogP contribution in [0.3, 0.4) is 0 Å². The first-order valence-electron chi connectivity index (χ1n) is 7.06. The minimum absolute atomic E-state index is 0.225. The number of H-pyrrole nitrogens is 1. The van der Waals surface area contributed by atoms with E-state index in [1.165, 1.54) is 6.20 Å². The first-order chi connectivity index (χ1) is 11.0. The largest absolute Gasteiger partial charge is 0.394 e. The number of aliphatic hydroxyl groups is 3. The summed E-state index contributed by atoms with van der Waals surface area (Å²) in [5.74, 6) is 0. The SMILES string of the molecule is O=c1[nH]c(=O)n([C@H]2O[C@@H](CO)C(O)C2O)cc1-c1ccccc1. The van der Waals surface area contributed by atoms with E-state index < -0.39 is 42.4 Å². The van der Waals surface area contributed by atoms with E-state index in [9.17, 15) is 19.8 Å². The number of ether oxygens (including phenoxy) is 1. The Labute approximate surface area is 130 Å². The van der Waals surface area contributed by atoms with Crippen LogP contribution in [0.4, 0.5) is 0 Å². The minimum atomic E-state index is -1.40. The molecule has 0 bridgehead atoms. The van der Waals surface area contributed by atoms with E-state index in [4.69, 9.17) is 9.84 Å². The fraction of sp³-hybridized carbons (Fsp3) is 0.333. The molecule has 2 aromatic rings. The normalized spacial score (nSPS) is 27.3. The minimum Gasteiger partial charge on any atom is -0.394 e. The Morgan fingerprint density at radius 1 is 1.13 bits per heavy atom. The molecule has 4 atom stereocenters. The van der Waals surface area contributed by atoms with E-state index >= 15 is 0 Å². The molecule has 1 aliphatic heterocycles. The summed E-state index contributed by atoms with van der Waals surface area (Å²) in [4.78, 5) is 26.2. The van der Waals surface area contributed by atoms with Gasteiger partial charge in [0.2, 0.25) is 0 Å². The summed E-state index contributed by atoms with van der Waals surface area (Å²) < 4.78 is 6.33. The van der Waals surface area contributed by atoms with Gasteiger partial charge in [0.15, 0.2) is 6.23 Å². The highest BCUT2D eigenvalue weighted by Gasteiger charge is 2.43. The van der Waals surface area contributed by atoms with Gasteiger partial charge in [-0.1, -0.05) is 30.3 Å². The van der Waals surface area contributed by atoms with Crippen LogP contribution in [0, 0.1) is 0 Å². The van der Waals surface area contributed by atoms with Gasteiger partial charge in [-0.15, -0.1) is 0 Å². The molecule has 122 valence electrons. The van der Waals surface area contributed by atoms with Gasteiger partial charge in [0.1, 0.15) is 18.3 Å². The molecule has 3 rings (SSSR count). The lowest BCUT2D eigenvalue weighted by Crippen LogP contribution is -2.38. The fourth-order valence-electron chi connectivity index (χ4n) is 2.61. The lowest BCUT2D eigenvalue weighted by molar-refractivity contribution is -0.0549. The van der Waals surface area contributed by atoms with Crippen molar-refractivity contribution in [2.24, 2.45) is 0 Å². The number of rotatable bonds is 3. The molecule has 1 aromatic carbocycles. The van der Waals surface area contributed by atoms with Gasteiger partial charge in [0.05, 0.1) is 12.2 Å². The Balaban J connectivity index is 2.08. The molecule has 8 heteroatoms. The van der Waals surface area contributed by atoms with Crippen molar-refractivity contribution in [3.63, 3.8) is 0 Å². The number of nitrogens with one attached hydrogen (secondary N) is 1. The van der Waals surface area contributed by atoms with Gasteiger partial charge in [-0.3, -0.25) is 14.3 Å². The number of hydrogen-bond acceptors (Lipinski definition) is 6. The Morgan fingerprint density at radius 3 is 2.43 bits per heavy atom. The Morgan fingerprint density at radius 2 is 1.83 bits per heavy atom. The van der Waals surface area contributed by atoms with E-state index in [-0.39, 0.29) is 5.56 Å². The van der Waals surface area contributed by atoms with E-state index in [2.05, 4.69) is 4.98 Å². The molecule has 0 saturated carbocycles. The first kappa shape index (κ1) is 15.6. The highest BCUT2D eigenvalue weighted by molar-refractivity contribution is 5.60. The number of nitrogens with zero attached hydrogens (tertiary/aromatic N) is 1. The lowest BCUT2D eigenvalue weighted by atomic mass is 10.1. The molecule has 1 fully saturated rings. The van der Waals surface area contributed by atoms with Crippen molar-refractivity contribution < 1.29 is 20.1 Å². The average molecular weight is 320 g/mol. The summed E-state index contributed by atoms with van der Waals surface area (Å²) in [5, 5.41) is 29.0. The van der Waals surface area contributed by atoms with Gasteiger partial charge in [-0.2, -0.15) is 0 Å². The molecule has 2 unspecified atom stereocenters. The molecule has 23 heavy (non-hydrogen) atoms. The van der Waals surface area contributed by atoms with Crippen molar-refractivity contribution in [2.75, 3.05) is 6.61 Å². The number of aromatic amines is 1. The zero-order chi connectivity index (χ0) is 16.6. The summed E-state index contributed by atoms with van der Waals surface area (Å²) in [7, 11) is 0. The maximum absolute atomic E-state index is 12.0. The molecule has 1 saturated heterocycles. The Kier molecular flexibility index (Phi) is 4.14. The number of aliphatic hydroxyl groups excluding tert-OH is 3. The van der Waals surface area contributed by atoms with Crippen LogP contribution < -0.4 is 11.2 Å². The van der Waals surface area contributed by atoms with Gasteiger partial charge in [0, 0.05) is 6.20 Å². The topological polar surface area (TPSA) is 125 Å². The van der Waals surface area contributed by atoms with Crippen molar-refractivity contribution >= 4 is 0 Å². The summed E-state index contributed by atoms with van der Waals surface area (Å²) in [6, 6.07) is 8.69. The molecule has 4 N–H and O–H groups in total. The zero-order valence-electron chi connectivity index (χ0n) is 12.0. The van der Waals surface area contributed by atoms with E-state index in [0.29, 0.717) is 5.56 Å². The molecule has 0 aliphatic carbocycles. The summed E-state index contributed by atoms with van der Waals surface area (Å²) >= 11 is 0. The van der Waals surface area contributed by atoms with Gasteiger partial charge < -0.3 is 20.1 Å². The second kappa shape index (κ2) is 6.09. The molecule has 1 aromatic heterocycles. The van der Waals surface area contributed by atoms with Crippen LogP contribution in [-0.2, 0) is 4.74 Å². The Bertz CT molecular complexity index is 800. The smallest absolute Gasteiger partial charge is 0.330 e. The highest BCUT2D eigenvalue weighted by atomic mass is 16.6. The van der Waals surface area contributed by atoms with Crippen molar-refractivity contribution in [3.05, 3.63) is 57.4 Å². The molecular weight excluding hydrogens is 304 g/mol. The second-order valence-corrected chi connectivity index (χ2v) is 5.30. The standard InChI is InChI=1S/C15H16N2O6/c18-7-10-11(19)12(20)14(23-10)17-6-9(13(21)16-15(17)22)8-4-2-1-3-5-8/h1-6,10-12,14,18-20H,7H2,(H,16,21,22)/t10-,11?,12?,14-/m0/s1. The van der Waals surface area contributed by atoms with E-state index in [1.54, 1.807) is 30.3 Å².